The Bertz CT molecular complexity index is 651. The van der Waals surface area contributed by atoms with Gasteiger partial charge in [0, 0.05) is 32.9 Å². The average Bonchev–Trinajstić information content (AvgIpc) is 2.55. The zero-order chi connectivity index (χ0) is 14.5. The van der Waals surface area contributed by atoms with Crippen molar-refractivity contribution < 1.29 is 0 Å². The van der Waals surface area contributed by atoms with Gasteiger partial charge in [-0.05, 0) is 46.5 Å². The molecule has 1 N–H and O–H groups in total. The van der Waals surface area contributed by atoms with Crippen LogP contribution in [0.5, 0.6) is 0 Å². The summed E-state index contributed by atoms with van der Waals surface area (Å²) in [5.74, 6) is 0.984. The molecule has 21 heavy (non-hydrogen) atoms. The van der Waals surface area contributed by atoms with Gasteiger partial charge in [-0.2, -0.15) is 0 Å². The molecule has 2 aromatic carbocycles. The summed E-state index contributed by atoms with van der Waals surface area (Å²) in [4.78, 5) is 1.29. The van der Waals surface area contributed by atoms with Crippen molar-refractivity contribution >= 4 is 33.4 Å². The van der Waals surface area contributed by atoms with E-state index in [2.05, 4.69) is 75.9 Å². The molecule has 0 aliphatic carbocycles. The molecule has 0 amide bonds. The molecule has 0 radical (unpaired) electrons. The highest BCUT2D eigenvalue weighted by Gasteiger charge is 2.10. The molecule has 0 unspecified atom stereocenters. The zero-order valence-electron chi connectivity index (χ0n) is 11.8. The topological polar surface area (TPSA) is 12.0 Å². The molecule has 0 fully saturated rings. The number of halogens is 1. The van der Waals surface area contributed by atoms with Gasteiger partial charge < -0.3 is 5.32 Å². The first kappa shape index (κ1) is 14.7. The molecule has 0 spiro atoms. The number of rotatable bonds is 4. The second-order valence-corrected chi connectivity index (χ2v) is 6.93. The van der Waals surface area contributed by atoms with Crippen molar-refractivity contribution in [2.45, 2.75) is 23.5 Å². The minimum absolute atomic E-state index is 0.984. The maximum atomic E-state index is 3.62. The lowest BCUT2D eigenvalue weighted by Crippen LogP contribution is -2.18. The van der Waals surface area contributed by atoms with Crippen LogP contribution in [-0.2, 0) is 5.75 Å². The standard InChI is InChI=1S/C18H18BrNS/c19-16-9-3-4-11-18(16)21-13-14-7-1-2-8-15(14)17-10-5-6-12-20-17/h1-4,7-11,20H,5-6,12-13H2. The Hall–Kier alpha value is -1.19. The summed E-state index contributed by atoms with van der Waals surface area (Å²) < 4.78 is 1.17. The third-order valence-electron chi connectivity index (χ3n) is 3.57. The van der Waals surface area contributed by atoms with E-state index >= 15 is 0 Å². The van der Waals surface area contributed by atoms with E-state index in [-0.39, 0.29) is 0 Å². The molecule has 0 saturated heterocycles. The van der Waals surface area contributed by atoms with E-state index in [1.807, 2.05) is 11.8 Å². The van der Waals surface area contributed by atoms with Crippen molar-refractivity contribution in [1.82, 2.24) is 5.32 Å². The van der Waals surface area contributed by atoms with E-state index in [1.165, 1.54) is 39.0 Å². The van der Waals surface area contributed by atoms with E-state index in [0.717, 1.165) is 12.3 Å². The summed E-state index contributed by atoms with van der Waals surface area (Å²) in [6.07, 6.45) is 4.73. The Labute approximate surface area is 139 Å². The van der Waals surface area contributed by atoms with Gasteiger partial charge in [-0.1, -0.05) is 42.5 Å². The van der Waals surface area contributed by atoms with E-state index in [4.69, 9.17) is 0 Å². The Morgan fingerprint density at radius 1 is 1.05 bits per heavy atom. The Kier molecular flexibility index (Phi) is 5.04. The fourth-order valence-corrected chi connectivity index (χ4v) is 4.05. The summed E-state index contributed by atoms with van der Waals surface area (Å²) in [7, 11) is 0. The lowest BCUT2D eigenvalue weighted by atomic mass is 10.0. The second-order valence-electron chi connectivity index (χ2n) is 5.06. The molecule has 0 saturated carbocycles. The largest absolute Gasteiger partial charge is 0.385 e. The van der Waals surface area contributed by atoms with Gasteiger partial charge in [-0.25, -0.2) is 0 Å². The number of allylic oxidation sites excluding steroid dienone is 1. The minimum atomic E-state index is 0.984. The van der Waals surface area contributed by atoms with Crippen molar-refractivity contribution in [3.05, 3.63) is 70.2 Å². The summed E-state index contributed by atoms with van der Waals surface area (Å²) in [6, 6.07) is 17.1. The van der Waals surface area contributed by atoms with Crippen LogP contribution in [0.3, 0.4) is 0 Å². The first-order valence-electron chi connectivity index (χ1n) is 7.24. The number of hydrogen-bond donors (Lipinski definition) is 1. The third-order valence-corrected chi connectivity index (χ3v) is 5.65. The van der Waals surface area contributed by atoms with Crippen molar-refractivity contribution in [1.29, 1.82) is 0 Å². The molecule has 1 heterocycles. The molecule has 0 bridgehead atoms. The lowest BCUT2D eigenvalue weighted by Gasteiger charge is -2.18. The van der Waals surface area contributed by atoms with Gasteiger partial charge in [0.25, 0.3) is 0 Å². The molecule has 0 atom stereocenters. The highest BCUT2D eigenvalue weighted by atomic mass is 79.9. The van der Waals surface area contributed by atoms with E-state index < -0.39 is 0 Å². The summed E-state index contributed by atoms with van der Waals surface area (Å²) in [6.45, 7) is 1.08. The second kappa shape index (κ2) is 7.19. The molecule has 2 aromatic rings. The minimum Gasteiger partial charge on any atom is -0.385 e. The van der Waals surface area contributed by atoms with Crippen LogP contribution in [0.2, 0.25) is 0 Å². The monoisotopic (exact) mass is 359 g/mol. The fourth-order valence-electron chi connectivity index (χ4n) is 2.48. The molecular weight excluding hydrogens is 342 g/mol. The van der Waals surface area contributed by atoms with Crippen molar-refractivity contribution in [2.24, 2.45) is 0 Å². The SMILES string of the molecule is Brc1ccccc1SCc1ccccc1C1=CCCCN1. The van der Waals surface area contributed by atoms with Gasteiger partial charge in [-0.3, -0.25) is 0 Å². The number of nitrogens with one attached hydrogen (secondary N) is 1. The van der Waals surface area contributed by atoms with Crippen LogP contribution in [0.25, 0.3) is 5.70 Å². The quantitative estimate of drug-likeness (QED) is 0.726. The Morgan fingerprint density at radius 3 is 2.67 bits per heavy atom. The summed E-state index contributed by atoms with van der Waals surface area (Å²) >= 11 is 5.50. The first-order chi connectivity index (χ1) is 10.3. The van der Waals surface area contributed by atoms with Gasteiger partial charge in [0.05, 0.1) is 0 Å². The van der Waals surface area contributed by atoms with Crippen LogP contribution in [0.15, 0.2) is 64.0 Å². The highest BCUT2D eigenvalue weighted by molar-refractivity contribution is 9.10. The van der Waals surface area contributed by atoms with Gasteiger partial charge in [-0.15, -0.1) is 11.8 Å². The molecule has 1 aliphatic heterocycles. The predicted octanol–water partition coefficient (Wildman–Crippen LogP) is 5.47. The normalized spacial score (nSPS) is 14.4. The predicted molar refractivity (Wildman–Crippen MR) is 95.4 cm³/mol. The van der Waals surface area contributed by atoms with Crippen LogP contribution >= 0.6 is 27.7 Å². The van der Waals surface area contributed by atoms with E-state index in [0.29, 0.717) is 0 Å². The average molecular weight is 360 g/mol. The van der Waals surface area contributed by atoms with Gasteiger partial charge in [0.15, 0.2) is 0 Å². The molecule has 108 valence electrons. The number of hydrogen-bond acceptors (Lipinski definition) is 2. The number of benzene rings is 2. The Morgan fingerprint density at radius 2 is 1.86 bits per heavy atom. The molecule has 0 aromatic heterocycles. The highest BCUT2D eigenvalue weighted by Crippen LogP contribution is 2.32. The summed E-state index contributed by atoms with van der Waals surface area (Å²) in [5, 5.41) is 3.53. The van der Waals surface area contributed by atoms with Crippen molar-refractivity contribution in [2.75, 3.05) is 6.54 Å². The van der Waals surface area contributed by atoms with E-state index in [9.17, 15) is 0 Å². The first-order valence-corrected chi connectivity index (χ1v) is 9.02. The van der Waals surface area contributed by atoms with Crippen LogP contribution in [-0.4, -0.2) is 6.54 Å². The van der Waals surface area contributed by atoms with Crippen LogP contribution in [0, 0.1) is 0 Å². The van der Waals surface area contributed by atoms with Gasteiger partial charge in [0.2, 0.25) is 0 Å². The molecule has 1 aliphatic rings. The van der Waals surface area contributed by atoms with Gasteiger partial charge >= 0.3 is 0 Å². The number of thioether (sulfide) groups is 1. The molecule has 1 nitrogen and oxygen atoms in total. The Balaban J connectivity index is 1.80. The van der Waals surface area contributed by atoms with Gasteiger partial charge in [0.1, 0.15) is 0 Å². The van der Waals surface area contributed by atoms with Crippen LogP contribution in [0.1, 0.15) is 24.0 Å². The lowest BCUT2D eigenvalue weighted by molar-refractivity contribution is 0.743. The van der Waals surface area contributed by atoms with Crippen molar-refractivity contribution in [3.8, 4) is 0 Å². The molecule has 3 rings (SSSR count). The maximum Gasteiger partial charge on any atom is 0.0376 e. The molecule has 3 heteroatoms. The van der Waals surface area contributed by atoms with Crippen molar-refractivity contribution in [3.63, 3.8) is 0 Å². The maximum absolute atomic E-state index is 3.62. The summed E-state index contributed by atoms with van der Waals surface area (Å²) in [5.41, 5.74) is 4.03. The van der Waals surface area contributed by atoms with Crippen LogP contribution < -0.4 is 5.32 Å². The zero-order valence-corrected chi connectivity index (χ0v) is 14.2. The fraction of sp³-hybridized carbons (Fsp3) is 0.222. The van der Waals surface area contributed by atoms with E-state index in [1.54, 1.807) is 0 Å². The molecular formula is C18H18BrNS. The van der Waals surface area contributed by atoms with Crippen LogP contribution in [0.4, 0.5) is 0 Å². The third kappa shape index (κ3) is 3.72. The smallest absolute Gasteiger partial charge is 0.0376 e.